The molecule has 7 heteroatoms. The molecule has 1 aromatic heterocycles. The molecule has 0 spiro atoms. The van der Waals surface area contributed by atoms with Gasteiger partial charge in [-0.25, -0.2) is 0 Å². The third kappa shape index (κ3) is 3.54. The number of methoxy groups -OCH3 is 2. The van der Waals surface area contributed by atoms with Crippen LogP contribution in [-0.4, -0.2) is 31.1 Å². The lowest BCUT2D eigenvalue weighted by Crippen LogP contribution is -2.28. The number of carbonyl (C=O) groups is 2. The summed E-state index contributed by atoms with van der Waals surface area (Å²) in [7, 11) is 3.14. The van der Waals surface area contributed by atoms with Crippen molar-refractivity contribution in [2.75, 3.05) is 19.5 Å². The van der Waals surface area contributed by atoms with E-state index in [-0.39, 0.29) is 11.7 Å². The summed E-state index contributed by atoms with van der Waals surface area (Å²) in [5.74, 6) is 1.53. The van der Waals surface area contributed by atoms with Crippen molar-refractivity contribution in [1.82, 2.24) is 5.16 Å². The summed E-state index contributed by atoms with van der Waals surface area (Å²) in [4.78, 5) is 24.6. The maximum absolute atomic E-state index is 13.0. The van der Waals surface area contributed by atoms with Gasteiger partial charge in [0.25, 0.3) is 0 Å². The Morgan fingerprint density at radius 3 is 2.47 bits per heavy atom. The van der Waals surface area contributed by atoms with Crippen LogP contribution >= 0.6 is 0 Å². The summed E-state index contributed by atoms with van der Waals surface area (Å²) >= 11 is 0. The minimum absolute atomic E-state index is 0.0525. The highest BCUT2D eigenvalue weighted by Crippen LogP contribution is 2.49. The highest BCUT2D eigenvalue weighted by atomic mass is 16.5. The van der Waals surface area contributed by atoms with Gasteiger partial charge in [0.2, 0.25) is 5.91 Å². The molecule has 0 aliphatic heterocycles. The fourth-order valence-electron chi connectivity index (χ4n) is 3.42. The first kappa shape index (κ1) is 19.7. The lowest BCUT2D eigenvalue weighted by atomic mass is 10.00. The Morgan fingerprint density at radius 2 is 1.80 bits per heavy atom. The molecule has 2 aromatic carbocycles. The van der Waals surface area contributed by atoms with Gasteiger partial charge < -0.3 is 19.3 Å². The van der Waals surface area contributed by atoms with E-state index < -0.39 is 5.41 Å². The van der Waals surface area contributed by atoms with Crippen LogP contribution in [0, 0.1) is 0 Å². The second-order valence-electron chi connectivity index (χ2n) is 7.32. The summed E-state index contributed by atoms with van der Waals surface area (Å²) in [6.07, 6.45) is 1.37. The number of carbonyl (C=O) groups excluding carboxylic acids is 2. The Labute approximate surface area is 174 Å². The van der Waals surface area contributed by atoms with E-state index in [1.54, 1.807) is 56.7 Å². The molecule has 1 amide bonds. The Hall–Kier alpha value is -3.61. The SMILES string of the molecule is COc1ccc(-c2cc(C3(C(=O)Nc4cccc(C(C)=O)c4)CC3)no2)cc1OC. The summed E-state index contributed by atoms with van der Waals surface area (Å²) in [6.45, 7) is 1.49. The number of benzene rings is 2. The first-order chi connectivity index (χ1) is 14.5. The molecule has 1 saturated carbocycles. The summed E-state index contributed by atoms with van der Waals surface area (Å²) in [5.41, 5.74) is 1.78. The van der Waals surface area contributed by atoms with Gasteiger partial charge >= 0.3 is 0 Å². The third-order valence-corrected chi connectivity index (χ3v) is 5.38. The minimum atomic E-state index is -0.718. The number of anilines is 1. The van der Waals surface area contributed by atoms with E-state index >= 15 is 0 Å². The van der Waals surface area contributed by atoms with Crippen LogP contribution in [0.5, 0.6) is 11.5 Å². The molecule has 0 radical (unpaired) electrons. The lowest BCUT2D eigenvalue weighted by Gasteiger charge is -2.13. The summed E-state index contributed by atoms with van der Waals surface area (Å²) in [5, 5.41) is 7.08. The molecule has 1 heterocycles. The maximum Gasteiger partial charge on any atom is 0.236 e. The van der Waals surface area contributed by atoms with Gasteiger partial charge in [-0.1, -0.05) is 17.3 Å². The molecule has 3 aromatic rings. The van der Waals surface area contributed by atoms with Crippen molar-refractivity contribution < 1.29 is 23.6 Å². The average Bonchev–Trinajstić information content (AvgIpc) is 3.43. The molecule has 0 atom stereocenters. The molecule has 30 heavy (non-hydrogen) atoms. The van der Waals surface area contributed by atoms with Gasteiger partial charge in [-0.05, 0) is 50.1 Å². The van der Waals surface area contributed by atoms with Crippen LogP contribution in [0.15, 0.2) is 53.1 Å². The Bertz CT molecular complexity index is 1110. The second-order valence-corrected chi connectivity index (χ2v) is 7.32. The molecule has 154 valence electrons. The standard InChI is InChI=1S/C23H22N2O5/c1-14(26)15-5-4-6-17(11-15)24-22(27)23(9-10-23)21-13-19(30-25-21)16-7-8-18(28-2)20(12-16)29-3/h4-8,11-13H,9-10H2,1-3H3,(H,24,27). The zero-order chi connectivity index (χ0) is 21.3. The van der Waals surface area contributed by atoms with E-state index in [0.29, 0.717) is 47.0 Å². The fourth-order valence-corrected chi connectivity index (χ4v) is 3.42. The zero-order valence-electron chi connectivity index (χ0n) is 17.0. The van der Waals surface area contributed by atoms with E-state index in [1.165, 1.54) is 6.92 Å². The average molecular weight is 406 g/mol. The fraction of sp³-hybridized carbons (Fsp3) is 0.261. The van der Waals surface area contributed by atoms with Crippen LogP contribution in [0.2, 0.25) is 0 Å². The monoisotopic (exact) mass is 406 g/mol. The number of ether oxygens (including phenoxy) is 2. The summed E-state index contributed by atoms with van der Waals surface area (Å²) in [6, 6.07) is 14.1. The van der Waals surface area contributed by atoms with Crippen molar-refractivity contribution in [1.29, 1.82) is 0 Å². The normalized spacial score (nSPS) is 14.1. The van der Waals surface area contributed by atoms with Gasteiger partial charge in [-0.3, -0.25) is 9.59 Å². The van der Waals surface area contributed by atoms with Crippen LogP contribution in [0.1, 0.15) is 35.8 Å². The van der Waals surface area contributed by atoms with Crippen molar-refractivity contribution in [2.45, 2.75) is 25.2 Å². The predicted molar refractivity (Wildman–Crippen MR) is 111 cm³/mol. The quantitative estimate of drug-likeness (QED) is 0.591. The van der Waals surface area contributed by atoms with Crippen LogP contribution in [0.4, 0.5) is 5.69 Å². The molecular weight excluding hydrogens is 384 g/mol. The molecule has 1 fully saturated rings. The number of nitrogens with zero attached hydrogens (tertiary/aromatic N) is 1. The number of Topliss-reactive ketones (excluding diaryl/α,β-unsaturated/α-hetero) is 1. The van der Waals surface area contributed by atoms with Crippen LogP contribution in [0.3, 0.4) is 0 Å². The Balaban J connectivity index is 1.56. The minimum Gasteiger partial charge on any atom is -0.493 e. The largest absolute Gasteiger partial charge is 0.493 e. The van der Waals surface area contributed by atoms with Gasteiger partial charge in [-0.2, -0.15) is 0 Å². The van der Waals surface area contributed by atoms with E-state index in [0.717, 1.165) is 5.56 Å². The van der Waals surface area contributed by atoms with Crippen molar-refractivity contribution in [3.8, 4) is 22.8 Å². The van der Waals surface area contributed by atoms with Gasteiger partial charge in [0, 0.05) is 22.9 Å². The van der Waals surface area contributed by atoms with E-state index in [2.05, 4.69) is 10.5 Å². The van der Waals surface area contributed by atoms with Crippen LogP contribution in [0.25, 0.3) is 11.3 Å². The number of amides is 1. The van der Waals surface area contributed by atoms with E-state index in [1.807, 2.05) is 6.07 Å². The third-order valence-electron chi connectivity index (χ3n) is 5.38. The molecule has 1 aliphatic carbocycles. The molecular formula is C23H22N2O5. The molecule has 0 unspecified atom stereocenters. The first-order valence-corrected chi connectivity index (χ1v) is 9.59. The Kier molecular flexibility index (Phi) is 5.03. The van der Waals surface area contributed by atoms with Crippen molar-refractivity contribution in [3.05, 3.63) is 59.8 Å². The Morgan fingerprint density at radius 1 is 1.03 bits per heavy atom. The number of rotatable bonds is 7. The highest BCUT2D eigenvalue weighted by Gasteiger charge is 2.53. The molecule has 4 rings (SSSR count). The van der Waals surface area contributed by atoms with Crippen molar-refractivity contribution in [3.63, 3.8) is 0 Å². The second kappa shape index (κ2) is 7.67. The van der Waals surface area contributed by atoms with Crippen molar-refractivity contribution >= 4 is 17.4 Å². The molecule has 1 aliphatic rings. The van der Waals surface area contributed by atoms with E-state index in [9.17, 15) is 9.59 Å². The van der Waals surface area contributed by atoms with Gasteiger partial charge in [0.15, 0.2) is 23.0 Å². The smallest absolute Gasteiger partial charge is 0.236 e. The van der Waals surface area contributed by atoms with Gasteiger partial charge in [0.1, 0.15) is 0 Å². The highest BCUT2D eigenvalue weighted by molar-refractivity contribution is 6.02. The molecule has 1 N–H and O–H groups in total. The molecule has 7 nitrogen and oxygen atoms in total. The first-order valence-electron chi connectivity index (χ1n) is 9.59. The van der Waals surface area contributed by atoms with Crippen LogP contribution in [-0.2, 0) is 10.2 Å². The molecule has 0 bridgehead atoms. The number of nitrogens with one attached hydrogen (secondary N) is 1. The van der Waals surface area contributed by atoms with E-state index in [4.69, 9.17) is 14.0 Å². The number of hydrogen-bond acceptors (Lipinski definition) is 6. The van der Waals surface area contributed by atoms with Crippen molar-refractivity contribution in [2.24, 2.45) is 0 Å². The number of aromatic nitrogens is 1. The maximum atomic E-state index is 13.0. The lowest BCUT2D eigenvalue weighted by molar-refractivity contribution is -0.118. The number of ketones is 1. The predicted octanol–water partition coefficient (Wildman–Crippen LogP) is 4.23. The number of hydrogen-bond donors (Lipinski definition) is 1. The molecule has 0 saturated heterocycles. The van der Waals surface area contributed by atoms with Gasteiger partial charge in [-0.15, -0.1) is 0 Å². The van der Waals surface area contributed by atoms with Gasteiger partial charge in [0.05, 0.1) is 25.3 Å². The van der Waals surface area contributed by atoms with Crippen LogP contribution < -0.4 is 14.8 Å². The topological polar surface area (TPSA) is 90.7 Å². The zero-order valence-corrected chi connectivity index (χ0v) is 17.0. The summed E-state index contributed by atoms with van der Waals surface area (Å²) < 4.78 is 16.1.